The maximum absolute atomic E-state index is 5.70. The molecule has 1 aliphatic carbocycles. The highest BCUT2D eigenvalue weighted by Gasteiger charge is 2.21. The predicted octanol–water partition coefficient (Wildman–Crippen LogP) is 2.56. The molecule has 0 aromatic heterocycles. The Labute approximate surface area is 97.0 Å². The van der Waals surface area contributed by atoms with Gasteiger partial charge in [0.15, 0.2) is 0 Å². The van der Waals surface area contributed by atoms with E-state index in [9.17, 15) is 0 Å². The first-order valence-electron chi connectivity index (χ1n) is 5.65. The van der Waals surface area contributed by atoms with Gasteiger partial charge < -0.3 is 14.2 Å². The molecule has 0 aliphatic heterocycles. The van der Waals surface area contributed by atoms with Gasteiger partial charge in [-0.15, -0.1) is 11.6 Å². The SMILES string of the molecule is COCOC1CCC(OCCCCl)CC1. The summed E-state index contributed by atoms with van der Waals surface area (Å²) in [6, 6.07) is 0. The van der Waals surface area contributed by atoms with Crippen LogP contribution in [0.15, 0.2) is 0 Å². The van der Waals surface area contributed by atoms with Gasteiger partial charge in [0.25, 0.3) is 0 Å². The highest BCUT2D eigenvalue weighted by molar-refractivity contribution is 6.17. The van der Waals surface area contributed by atoms with Gasteiger partial charge >= 0.3 is 0 Å². The first kappa shape index (κ1) is 13.2. The molecule has 0 atom stereocenters. The van der Waals surface area contributed by atoms with Gasteiger partial charge in [-0.3, -0.25) is 0 Å². The zero-order valence-corrected chi connectivity index (χ0v) is 10.2. The van der Waals surface area contributed by atoms with E-state index in [2.05, 4.69) is 0 Å². The second kappa shape index (κ2) is 8.34. The molecule has 4 heteroatoms. The van der Waals surface area contributed by atoms with Gasteiger partial charge in [0.2, 0.25) is 0 Å². The average molecular weight is 237 g/mol. The van der Waals surface area contributed by atoms with E-state index in [-0.39, 0.29) is 0 Å². The summed E-state index contributed by atoms with van der Waals surface area (Å²) in [5.41, 5.74) is 0. The highest BCUT2D eigenvalue weighted by atomic mass is 35.5. The fourth-order valence-electron chi connectivity index (χ4n) is 1.83. The summed E-state index contributed by atoms with van der Waals surface area (Å²) in [6.07, 6.45) is 6.06. The third kappa shape index (κ3) is 5.71. The van der Waals surface area contributed by atoms with E-state index in [0.29, 0.717) is 24.9 Å². The highest BCUT2D eigenvalue weighted by Crippen LogP contribution is 2.23. The van der Waals surface area contributed by atoms with Crippen LogP contribution < -0.4 is 0 Å². The van der Waals surface area contributed by atoms with Crippen molar-refractivity contribution < 1.29 is 14.2 Å². The van der Waals surface area contributed by atoms with E-state index in [0.717, 1.165) is 38.7 Å². The van der Waals surface area contributed by atoms with Crippen molar-refractivity contribution in [3.8, 4) is 0 Å². The molecule has 0 amide bonds. The first-order valence-corrected chi connectivity index (χ1v) is 6.18. The molecule has 1 fully saturated rings. The van der Waals surface area contributed by atoms with E-state index in [1.54, 1.807) is 7.11 Å². The first-order chi connectivity index (χ1) is 7.36. The monoisotopic (exact) mass is 236 g/mol. The van der Waals surface area contributed by atoms with Gasteiger partial charge in [0.05, 0.1) is 12.2 Å². The maximum atomic E-state index is 5.70. The van der Waals surface area contributed by atoms with Crippen molar-refractivity contribution in [2.45, 2.75) is 44.3 Å². The van der Waals surface area contributed by atoms with Crippen molar-refractivity contribution in [2.24, 2.45) is 0 Å². The minimum absolute atomic E-state index is 0.359. The quantitative estimate of drug-likeness (QED) is 0.386. The van der Waals surface area contributed by atoms with Crippen LogP contribution in [-0.2, 0) is 14.2 Å². The minimum Gasteiger partial charge on any atom is -0.378 e. The molecule has 1 aliphatic rings. The summed E-state index contributed by atoms with van der Waals surface area (Å²) in [4.78, 5) is 0. The Kier molecular flexibility index (Phi) is 7.36. The molecule has 0 N–H and O–H groups in total. The second-order valence-corrected chi connectivity index (χ2v) is 4.26. The molecular weight excluding hydrogens is 216 g/mol. The van der Waals surface area contributed by atoms with Crippen molar-refractivity contribution in [3.05, 3.63) is 0 Å². The average Bonchev–Trinajstić information content (AvgIpc) is 2.28. The number of alkyl halides is 1. The molecule has 0 unspecified atom stereocenters. The Hall–Kier alpha value is 0.170. The number of rotatable bonds is 7. The van der Waals surface area contributed by atoms with Crippen LogP contribution in [0.5, 0.6) is 0 Å². The van der Waals surface area contributed by atoms with Crippen molar-refractivity contribution >= 4 is 11.6 Å². The van der Waals surface area contributed by atoms with Crippen LogP contribution in [0, 0.1) is 0 Å². The zero-order valence-electron chi connectivity index (χ0n) is 9.41. The molecule has 15 heavy (non-hydrogen) atoms. The summed E-state index contributed by atoms with van der Waals surface area (Å²) in [5.74, 6) is 0.687. The Morgan fingerprint density at radius 2 is 1.67 bits per heavy atom. The van der Waals surface area contributed by atoms with Crippen LogP contribution in [0.25, 0.3) is 0 Å². The fourth-order valence-corrected chi connectivity index (χ4v) is 1.94. The minimum atomic E-state index is 0.359. The van der Waals surface area contributed by atoms with E-state index < -0.39 is 0 Å². The fraction of sp³-hybridized carbons (Fsp3) is 1.00. The molecule has 1 saturated carbocycles. The van der Waals surface area contributed by atoms with E-state index >= 15 is 0 Å². The van der Waals surface area contributed by atoms with Crippen molar-refractivity contribution in [2.75, 3.05) is 26.4 Å². The molecule has 0 saturated heterocycles. The van der Waals surface area contributed by atoms with Gasteiger partial charge in [0.1, 0.15) is 6.79 Å². The number of methoxy groups -OCH3 is 1. The van der Waals surface area contributed by atoms with Gasteiger partial charge in [-0.05, 0) is 32.1 Å². The summed E-state index contributed by atoms with van der Waals surface area (Å²) in [6.45, 7) is 1.19. The molecule has 1 rings (SSSR count). The Balaban J connectivity index is 2.02. The zero-order chi connectivity index (χ0) is 10.9. The van der Waals surface area contributed by atoms with Crippen LogP contribution in [-0.4, -0.2) is 38.6 Å². The van der Waals surface area contributed by atoms with Gasteiger partial charge in [0, 0.05) is 19.6 Å². The van der Waals surface area contributed by atoms with Gasteiger partial charge in [-0.25, -0.2) is 0 Å². The van der Waals surface area contributed by atoms with Crippen molar-refractivity contribution in [1.82, 2.24) is 0 Å². The van der Waals surface area contributed by atoms with Crippen molar-refractivity contribution in [3.63, 3.8) is 0 Å². The lowest BCUT2D eigenvalue weighted by molar-refractivity contribution is -0.0971. The molecule has 0 aromatic carbocycles. The van der Waals surface area contributed by atoms with Gasteiger partial charge in [-0.1, -0.05) is 0 Å². The Morgan fingerprint density at radius 3 is 2.20 bits per heavy atom. The lowest BCUT2D eigenvalue weighted by Gasteiger charge is -2.28. The topological polar surface area (TPSA) is 27.7 Å². The molecule has 0 radical (unpaired) electrons. The molecule has 90 valence electrons. The molecule has 0 heterocycles. The van der Waals surface area contributed by atoms with E-state index in [1.165, 1.54) is 0 Å². The summed E-state index contributed by atoms with van der Waals surface area (Å²) >= 11 is 5.59. The molecule has 0 spiro atoms. The smallest absolute Gasteiger partial charge is 0.146 e. The van der Waals surface area contributed by atoms with Crippen LogP contribution in [0.1, 0.15) is 32.1 Å². The largest absolute Gasteiger partial charge is 0.378 e. The summed E-state index contributed by atoms with van der Waals surface area (Å²) in [7, 11) is 1.65. The summed E-state index contributed by atoms with van der Waals surface area (Å²) < 4.78 is 16.1. The standard InChI is InChI=1S/C11H21ClO3/c1-13-9-15-11-5-3-10(4-6-11)14-8-2-7-12/h10-11H,2-9H2,1H3. The van der Waals surface area contributed by atoms with Crippen LogP contribution in [0.3, 0.4) is 0 Å². The summed E-state index contributed by atoms with van der Waals surface area (Å²) in [5, 5.41) is 0. The number of hydrogen-bond donors (Lipinski definition) is 0. The predicted molar refractivity (Wildman–Crippen MR) is 60.3 cm³/mol. The second-order valence-electron chi connectivity index (χ2n) is 3.89. The van der Waals surface area contributed by atoms with Crippen LogP contribution in [0.2, 0.25) is 0 Å². The lowest BCUT2D eigenvalue weighted by Crippen LogP contribution is -2.27. The number of halogens is 1. The molecular formula is C11H21ClO3. The Bertz CT molecular complexity index is 147. The van der Waals surface area contributed by atoms with E-state index in [1.807, 2.05) is 0 Å². The number of ether oxygens (including phenoxy) is 3. The van der Waals surface area contributed by atoms with Crippen LogP contribution >= 0.6 is 11.6 Å². The van der Waals surface area contributed by atoms with Crippen LogP contribution in [0.4, 0.5) is 0 Å². The van der Waals surface area contributed by atoms with E-state index in [4.69, 9.17) is 25.8 Å². The number of hydrogen-bond acceptors (Lipinski definition) is 3. The maximum Gasteiger partial charge on any atom is 0.146 e. The molecule has 0 bridgehead atoms. The third-order valence-corrected chi connectivity index (χ3v) is 2.94. The van der Waals surface area contributed by atoms with Gasteiger partial charge in [-0.2, -0.15) is 0 Å². The molecule has 0 aromatic rings. The van der Waals surface area contributed by atoms with Crippen molar-refractivity contribution in [1.29, 1.82) is 0 Å². The Morgan fingerprint density at radius 1 is 1.07 bits per heavy atom. The lowest BCUT2D eigenvalue weighted by atomic mass is 9.95. The normalized spacial score (nSPS) is 26.8. The third-order valence-electron chi connectivity index (χ3n) is 2.67. The molecule has 3 nitrogen and oxygen atoms in total.